The minimum atomic E-state index is 0.111. The van der Waals surface area contributed by atoms with Crippen molar-refractivity contribution in [2.24, 2.45) is 5.41 Å². The van der Waals surface area contributed by atoms with E-state index in [4.69, 9.17) is 4.74 Å². The summed E-state index contributed by atoms with van der Waals surface area (Å²) in [5.41, 5.74) is 0.501. The van der Waals surface area contributed by atoms with Gasteiger partial charge in [-0.1, -0.05) is 41.0 Å². The van der Waals surface area contributed by atoms with Crippen molar-refractivity contribution in [3.8, 4) is 0 Å². The SMILES string of the molecule is CCCC(C)(CC)OCCC(C)(C)C. The molecular formula is C13H28O. The van der Waals surface area contributed by atoms with E-state index in [1.807, 2.05) is 0 Å². The molecule has 0 aromatic carbocycles. The molecule has 1 atom stereocenters. The Morgan fingerprint density at radius 3 is 1.86 bits per heavy atom. The van der Waals surface area contributed by atoms with Gasteiger partial charge in [-0.05, 0) is 31.6 Å². The van der Waals surface area contributed by atoms with E-state index < -0.39 is 0 Å². The minimum Gasteiger partial charge on any atom is -0.375 e. The molecule has 0 aliphatic carbocycles. The summed E-state index contributed by atoms with van der Waals surface area (Å²) in [4.78, 5) is 0. The molecule has 1 nitrogen and oxygen atoms in total. The van der Waals surface area contributed by atoms with Crippen molar-refractivity contribution in [2.75, 3.05) is 6.61 Å². The maximum absolute atomic E-state index is 6.00. The van der Waals surface area contributed by atoms with Crippen LogP contribution in [0.3, 0.4) is 0 Å². The molecule has 0 fully saturated rings. The van der Waals surface area contributed by atoms with Crippen molar-refractivity contribution in [2.45, 2.75) is 72.8 Å². The molecule has 0 amide bonds. The van der Waals surface area contributed by atoms with Crippen LogP contribution in [-0.4, -0.2) is 12.2 Å². The number of hydrogen-bond acceptors (Lipinski definition) is 1. The van der Waals surface area contributed by atoms with E-state index in [-0.39, 0.29) is 5.60 Å². The van der Waals surface area contributed by atoms with E-state index in [1.165, 1.54) is 12.8 Å². The van der Waals surface area contributed by atoms with E-state index in [9.17, 15) is 0 Å². The molecule has 0 aromatic rings. The number of hydrogen-bond donors (Lipinski definition) is 0. The van der Waals surface area contributed by atoms with Crippen LogP contribution < -0.4 is 0 Å². The summed E-state index contributed by atoms with van der Waals surface area (Å²) in [7, 11) is 0. The van der Waals surface area contributed by atoms with Crippen LogP contribution in [0.4, 0.5) is 0 Å². The van der Waals surface area contributed by atoms with Gasteiger partial charge >= 0.3 is 0 Å². The average Bonchev–Trinajstić information content (AvgIpc) is 2.02. The third-order valence-corrected chi connectivity index (χ3v) is 2.83. The van der Waals surface area contributed by atoms with Gasteiger partial charge in [0.25, 0.3) is 0 Å². The zero-order valence-corrected chi connectivity index (χ0v) is 10.9. The molecule has 0 rings (SSSR count). The Balaban J connectivity index is 3.84. The molecule has 0 aliphatic rings. The fraction of sp³-hybridized carbons (Fsp3) is 1.00. The van der Waals surface area contributed by atoms with Crippen LogP contribution in [0, 0.1) is 5.41 Å². The molecule has 14 heavy (non-hydrogen) atoms. The maximum Gasteiger partial charge on any atom is 0.0651 e. The number of ether oxygens (including phenoxy) is 1. The third-order valence-electron chi connectivity index (χ3n) is 2.83. The fourth-order valence-electron chi connectivity index (χ4n) is 1.48. The first-order valence-electron chi connectivity index (χ1n) is 5.97. The Morgan fingerprint density at radius 1 is 0.929 bits per heavy atom. The van der Waals surface area contributed by atoms with Crippen molar-refractivity contribution < 1.29 is 4.74 Å². The predicted molar refractivity (Wildman–Crippen MR) is 63.6 cm³/mol. The third kappa shape index (κ3) is 6.42. The lowest BCUT2D eigenvalue weighted by Crippen LogP contribution is -2.29. The Kier molecular flexibility index (Phi) is 5.73. The Hall–Kier alpha value is -0.0400. The van der Waals surface area contributed by atoms with Gasteiger partial charge in [0.05, 0.1) is 5.60 Å². The van der Waals surface area contributed by atoms with Crippen LogP contribution in [0.25, 0.3) is 0 Å². The van der Waals surface area contributed by atoms with Gasteiger partial charge in [0, 0.05) is 6.61 Å². The number of rotatable bonds is 6. The quantitative estimate of drug-likeness (QED) is 0.617. The molecule has 0 saturated carbocycles. The molecule has 0 bridgehead atoms. The molecule has 0 radical (unpaired) electrons. The molecule has 1 unspecified atom stereocenters. The van der Waals surface area contributed by atoms with Crippen LogP contribution in [0.5, 0.6) is 0 Å². The lowest BCUT2D eigenvalue weighted by Gasteiger charge is -2.30. The molecule has 0 N–H and O–H groups in total. The monoisotopic (exact) mass is 200 g/mol. The highest BCUT2D eigenvalue weighted by molar-refractivity contribution is 4.73. The molecule has 0 aliphatic heterocycles. The molecule has 0 saturated heterocycles. The smallest absolute Gasteiger partial charge is 0.0651 e. The highest BCUT2D eigenvalue weighted by atomic mass is 16.5. The van der Waals surface area contributed by atoms with Crippen molar-refractivity contribution in [1.29, 1.82) is 0 Å². The second-order valence-corrected chi connectivity index (χ2v) is 5.71. The van der Waals surface area contributed by atoms with Crippen molar-refractivity contribution in [1.82, 2.24) is 0 Å². The van der Waals surface area contributed by atoms with Crippen LogP contribution in [0.15, 0.2) is 0 Å². The maximum atomic E-state index is 6.00. The van der Waals surface area contributed by atoms with Gasteiger partial charge in [-0.15, -0.1) is 0 Å². The second kappa shape index (κ2) is 5.75. The average molecular weight is 200 g/mol. The van der Waals surface area contributed by atoms with Gasteiger partial charge in [0.15, 0.2) is 0 Å². The summed E-state index contributed by atoms with van der Waals surface area (Å²) in [5.74, 6) is 0. The minimum absolute atomic E-state index is 0.111. The van der Waals surface area contributed by atoms with Gasteiger partial charge in [0.2, 0.25) is 0 Å². The zero-order chi connectivity index (χ0) is 11.2. The summed E-state index contributed by atoms with van der Waals surface area (Å²) < 4.78 is 6.00. The van der Waals surface area contributed by atoms with E-state index >= 15 is 0 Å². The largest absolute Gasteiger partial charge is 0.375 e. The summed E-state index contributed by atoms with van der Waals surface area (Å²) in [6.07, 6.45) is 4.64. The topological polar surface area (TPSA) is 9.23 Å². The first-order chi connectivity index (χ1) is 6.33. The molecule has 1 heteroatoms. The summed E-state index contributed by atoms with van der Waals surface area (Å²) in [6, 6.07) is 0. The summed E-state index contributed by atoms with van der Waals surface area (Å²) in [5, 5.41) is 0. The summed E-state index contributed by atoms with van der Waals surface area (Å²) >= 11 is 0. The van der Waals surface area contributed by atoms with Gasteiger partial charge in [0.1, 0.15) is 0 Å². The zero-order valence-electron chi connectivity index (χ0n) is 10.9. The highest BCUT2D eigenvalue weighted by Crippen LogP contribution is 2.24. The fourth-order valence-corrected chi connectivity index (χ4v) is 1.48. The van der Waals surface area contributed by atoms with E-state index in [2.05, 4.69) is 41.5 Å². The first kappa shape index (κ1) is 14.0. The van der Waals surface area contributed by atoms with Crippen LogP contribution >= 0.6 is 0 Å². The van der Waals surface area contributed by atoms with E-state index in [1.54, 1.807) is 0 Å². The van der Waals surface area contributed by atoms with Crippen molar-refractivity contribution in [3.63, 3.8) is 0 Å². The molecular weight excluding hydrogens is 172 g/mol. The van der Waals surface area contributed by atoms with Gasteiger partial charge in [-0.3, -0.25) is 0 Å². The van der Waals surface area contributed by atoms with E-state index in [0.29, 0.717) is 5.41 Å². The van der Waals surface area contributed by atoms with Crippen LogP contribution in [0.2, 0.25) is 0 Å². The highest BCUT2D eigenvalue weighted by Gasteiger charge is 2.22. The molecule has 0 heterocycles. The lowest BCUT2D eigenvalue weighted by atomic mass is 9.92. The van der Waals surface area contributed by atoms with Gasteiger partial charge in [-0.2, -0.15) is 0 Å². The van der Waals surface area contributed by atoms with Crippen molar-refractivity contribution >= 4 is 0 Å². The molecule has 0 spiro atoms. The van der Waals surface area contributed by atoms with Gasteiger partial charge < -0.3 is 4.74 Å². The van der Waals surface area contributed by atoms with E-state index in [0.717, 1.165) is 19.4 Å². The molecule has 0 aromatic heterocycles. The van der Waals surface area contributed by atoms with Crippen LogP contribution in [0.1, 0.15) is 67.2 Å². The first-order valence-corrected chi connectivity index (χ1v) is 5.97. The van der Waals surface area contributed by atoms with Crippen molar-refractivity contribution in [3.05, 3.63) is 0 Å². The summed E-state index contributed by atoms with van der Waals surface area (Å²) in [6.45, 7) is 14.4. The van der Waals surface area contributed by atoms with Crippen LogP contribution in [-0.2, 0) is 4.74 Å². The normalized spacial score (nSPS) is 16.7. The Bertz CT molecular complexity index is 146. The second-order valence-electron chi connectivity index (χ2n) is 5.71. The Morgan fingerprint density at radius 2 is 1.50 bits per heavy atom. The lowest BCUT2D eigenvalue weighted by molar-refractivity contribution is -0.0493. The van der Waals surface area contributed by atoms with Gasteiger partial charge in [-0.25, -0.2) is 0 Å². The Labute approximate surface area is 90.2 Å². The predicted octanol–water partition coefficient (Wildman–Crippen LogP) is 4.41. The standard InChI is InChI=1S/C13H28O/c1-7-9-13(6,8-2)14-11-10-12(3,4)5/h7-11H2,1-6H3. The molecule has 86 valence electrons.